The third-order valence-corrected chi connectivity index (χ3v) is 1.99. The molecular formula is C10H20N2O3. The molecule has 0 radical (unpaired) electrons. The number of hydrogen-bond acceptors (Lipinski definition) is 3. The Bertz CT molecular complexity index is 203. The van der Waals surface area contributed by atoms with Gasteiger partial charge in [-0.25, -0.2) is 4.79 Å². The van der Waals surface area contributed by atoms with Gasteiger partial charge < -0.3 is 20.0 Å². The predicted molar refractivity (Wildman–Crippen MR) is 58.7 cm³/mol. The molecule has 0 saturated heterocycles. The summed E-state index contributed by atoms with van der Waals surface area (Å²) in [5.41, 5.74) is 0. The van der Waals surface area contributed by atoms with E-state index in [-0.39, 0.29) is 0 Å². The van der Waals surface area contributed by atoms with Crippen molar-refractivity contribution in [1.82, 2.24) is 9.80 Å². The molecule has 0 saturated carbocycles. The molecule has 0 atom stereocenters. The molecule has 5 nitrogen and oxygen atoms in total. The summed E-state index contributed by atoms with van der Waals surface area (Å²) in [5, 5.41) is 13.9. The number of unbranched alkanes of at least 4 members (excludes halogenated alkanes) is 2. The first kappa shape index (κ1) is 13.6. The highest BCUT2D eigenvalue weighted by Gasteiger charge is 2.06. The van der Waals surface area contributed by atoms with Gasteiger partial charge in [-0.1, -0.05) is 19.8 Å². The van der Waals surface area contributed by atoms with Crippen molar-refractivity contribution in [2.45, 2.75) is 26.2 Å². The first-order valence-electron chi connectivity index (χ1n) is 5.10. The maximum Gasteiger partial charge on any atom is 0.503 e. The minimum atomic E-state index is -1.83. The Kier molecular flexibility index (Phi) is 7.23. The Morgan fingerprint density at radius 3 is 2.33 bits per heavy atom. The van der Waals surface area contributed by atoms with Gasteiger partial charge >= 0.3 is 6.16 Å². The predicted octanol–water partition coefficient (Wildman–Crippen LogP) is 2.08. The number of rotatable bonds is 4. The van der Waals surface area contributed by atoms with Gasteiger partial charge in [-0.2, -0.15) is 0 Å². The van der Waals surface area contributed by atoms with Crippen LogP contribution in [-0.4, -0.2) is 46.4 Å². The molecule has 1 aliphatic heterocycles. The SMILES string of the molecule is CCCCCN1C=CN(C)C1.O=C(O)O. The largest absolute Gasteiger partial charge is 0.503 e. The minimum Gasteiger partial charge on any atom is -0.450 e. The molecule has 1 heterocycles. The standard InChI is InChI=1S/C9H18N2.CH2O3/c1-3-4-5-6-11-8-7-10(2)9-11;2-1(3)4/h7-8H,3-6,9H2,1-2H3;(H2,2,3,4). The van der Waals surface area contributed by atoms with Crippen molar-refractivity contribution in [2.24, 2.45) is 0 Å². The Hall–Kier alpha value is -1.39. The minimum absolute atomic E-state index is 1.07. The fraction of sp³-hybridized carbons (Fsp3) is 0.700. The molecule has 0 aromatic rings. The topological polar surface area (TPSA) is 64.0 Å². The molecule has 5 heteroatoms. The lowest BCUT2D eigenvalue weighted by Gasteiger charge is -2.17. The maximum absolute atomic E-state index is 8.56. The van der Waals surface area contributed by atoms with Gasteiger partial charge in [-0.15, -0.1) is 0 Å². The van der Waals surface area contributed by atoms with Crippen molar-refractivity contribution in [2.75, 3.05) is 20.3 Å². The molecule has 0 fully saturated rings. The summed E-state index contributed by atoms with van der Waals surface area (Å²) in [6.45, 7) is 4.53. The maximum atomic E-state index is 8.56. The number of carbonyl (C=O) groups is 1. The van der Waals surface area contributed by atoms with Gasteiger partial charge in [0.2, 0.25) is 0 Å². The van der Waals surface area contributed by atoms with Gasteiger partial charge in [-0.05, 0) is 6.42 Å². The van der Waals surface area contributed by atoms with E-state index in [1.807, 2.05) is 0 Å². The van der Waals surface area contributed by atoms with Crippen LogP contribution in [0.3, 0.4) is 0 Å². The highest BCUT2D eigenvalue weighted by Crippen LogP contribution is 2.05. The van der Waals surface area contributed by atoms with Gasteiger partial charge in [0.25, 0.3) is 0 Å². The summed E-state index contributed by atoms with van der Waals surface area (Å²) in [7, 11) is 2.11. The molecule has 0 amide bonds. The van der Waals surface area contributed by atoms with Crippen LogP contribution in [0.15, 0.2) is 12.4 Å². The molecule has 1 rings (SSSR count). The molecule has 0 aliphatic carbocycles. The average Bonchev–Trinajstić information content (AvgIpc) is 2.51. The normalized spacial score (nSPS) is 13.7. The van der Waals surface area contributed by atoms with Crippen molar-refractivity contribution in [3.63, 3.8) is 0 Å². The first-order chi connectivity index (χ1) is 7.06. The van der Waals surface area contributed by atoms with Crippen LogP contribution in [0.5, 0.6) is 0 Å². The van der Waals surface area contributed by atoms with Gasteiger partial charge in [0, 0.05) is 26.0 Å². The third kappa shape index (κ3) is 8.93. The third-order valence-electron chi connectivity index (χ3n) is 1.99. The zero-order chi connectivity index (χ0) is 11.7. The molecule has 0 bridgehead atoms. The Morgan fingerprint density at radius 2 is 1.93 bits per heavy atom. The Balaban J connectivity index is 0.000000423. The van der Waals surface area contributed by atoms with E-state index in [0.717, 1.165) is 6.67 Å². The highest BCUT2D eigenvalue weighted by atomic mass is 16.6. The zero-order valence-corrected chi connectivity index (χ0v) is 9.39. The van der Waals surface area contributed by atoms with Crippen LogP contribution in [0.4, 0.5) is 4.79 Å². The highest BCUT2D eigenvalue weighted by molar-refractivity contribution is 5.53. The smallest absolute Gasteiger partial charge is 0.450 e. The molecule has 88 valence electrons. The summed E-state index contributed by atoms with van der Waals surface area (Å²) in [5.74, 6) is 0. The van der Waals surface area contributed by atoms with Crippen molar-refractivity contribution in [1.29, 1.82) is 0 Å². The number of carboxylic acid groups (broad SMARTS) is 2. The second-order valence-corrected chi connectivity index (χ2v) is 3.50. The van der Waals surface area contributed by atoms with Gasteiger partial charge in [-0.3, -0.25) is 0 Å². The van der Waals surface area contributed by atoms with Crippen LogP contribution in [0, 0.1) is 0 Å². The Morgan fingerprint density at radius 1 is 1.33 bits per heavy atom. The molecule has 0 aromatic heterocycles. The molecule has 0 aromatic carbocycles. The van der Waals surface area contributed by atoms with Crippen LogP contribution >= 0.6 is 0 Å². The van der Waals surface area contributed by atoms with E-state index in [4.69, 9.17) is 15.0 Å². The van der Waals surface area contributed by atoms with Crippen LogP contribution in [0.1, 0.15) is 26.2 Å². The zero-order valence-electron chi connectivity index (χ0n) is 9.39. The molecule has 0 spiro atoms. The summed E-state index contributed by atoms with van der Waals surface area (Å²) >= 11 is 0. The lowest BCUT2D eigenvalue weighted by atomic mass is 10.2. The van der Waals surface area contributed by atoms with Crippen molar-refractivity contribution in [3.05, 3.63) is 12.4 Å². The van der Waals surface area contributed by atoms with E-state index in [2.05, 4.69) is 36.2 Å². The lowest BCUT2D eigenvalue weighted by Crippen LogP contribution is -2.23. The van der Waals surface area contributed by atoms with E-state index in [0.29, 0.717) is 0 Å². The van der Waals surface area contributed by atoms with E-state index < -0.39 is 6.16 Å². The molecular weight excluding hydrogens is 196 g/mol. The van der Waals surface area contributed by atoms with Crippen molar-refractivity contribution in [3.8, 4) is 0 Å². The fourth-order valence-corrected chi connectivity index (χ4v) is 1.30. The molecule has 2 N–H and O–H groups in total. The second kappa shape index (κ2) is 7.96. The van der Waals surface area contributed by atoms with Crippen molar-refractivity contribution >= 4 is 6.16 Å². The summed E-state index contributed by atoms with van der Waals surface area (Å²) < 4.78 is 0. The van der Waals surface area contributed by atoms with E-state index in [1.165, 1.54) is 25.8 Å². The monoisotopic (exact) mass is 216 g/mol. The quantitative estimate of drug-likeness (QED) is 0.704. The number of hydrogen-bond donors (Lipinski definition) is 2. The average molecular weight is 216 g/mol. The fourth-order valence-electron chi connectivity index (χ4n) is 1.30. The molecule has 15 heavy (non-hydrogen) atoms. The van der Waals surface area contributed by atoms with Crippen LogP contribution in [0.2, 0.25) is 0 Å². The summed E-state index contributed by atoms with van der Waals surface area (Å²) in [6, 6.07) is 0. The van der Waals surface area contributed by atoms with Crippen LogP contribution in [-0.2, 0) is 0 Å². The van der Waals surface area contributed by atoms with E-state index in [9.17, 15) is 0 Å². The Labute approximate surface area is 90.6 Å². The van der Waals surface area contributed by atoms with Crippen LogP contribution in [0.25, 0.3) is 0 Å². The summed E-state index contributed by atoms with van der Waals surface area (Å²) in [4.78, 5) is 13.1. The summed E-state index contributed by atoms with van der Waals surface area (Å²) in [6.07, 6.45) is 6.47. The second-order valence-electron chi connectivity index (χ2n) is 3.50. The first-order valence-corrected chi connectivity index (χ1v) is 5.10. The molecule has 1 aliphatic rings. The van der Waals surface area contributed by atoms with Gasteiger partial charge in [0.1, 0.15) is 0 Å². The lowest BCUT2D eigenvalue weighted by molar-refractivity contribution is 0.137. The van der Waals surface area contributed by atoms with Crippen LogP contribution < -0.4 is 0 Å². The van der Waals surface area contributed by atoms with Gasteiger partial charge in [0.05, 0.1) is 6.67 Å². The van der Waals surface area contributed by atoms with Crippen molar-refractivity contribution < 1.29 is 15.0 Å². The van der Waals surface area contributed by atoms with E-state index in [1.54, 1.807) is 0 Å². The van der Waals surface area contributed by atoms with Gasteiger partial charge in [0.15, 0.2) is 0 Å². The number of nitrogens with zero attached hydrogens (tertiary/aromatic N) is 2. The molecule has 0 unspecified atom stereocenters. The van der Waals surface area contributed by atoms with E-state index >= 15 is 0 Å².